The third-order valence-corrected chi connectivity index (χ3v) is 5.71. The van der Waals surface area contributed by atoms with Crippen LogP contribution in [-0.4, -0.2) is 38.4 Å². The molecule has 0 saturated carbocycles. The fraction of sp³-hybridized carbons (Fsp3) is 0.350. The first-order chi connectivity index (χ1) is 14.6. The first kappa shape index (κ1) is 22.9. The molecular formula is C20H21F3N4O3S. The van der Waals surface area contributed by atoms with Gasteiger partial charge in [0, 0.05) is 43.4 Å². The molecule has 0 saturated heterocycles. The predicted molar refractivity (Wildman–Crippen MR) is 107 cm³/mol. The normalized spacial score (nSPS) is 13.7. The number of hydrogen-bond donors (Lipinski definition) is 2. The fourth-order valence-corrected chi connectivity index (χ4v) is 3.93. The number of thioether (sulfide) groups is 1. The number of amides is 1. The Bertz CT molecular complexity index is 1050. The van der Waals surface area contributed by atoms with Crippen molar-refractivity contribution in [1.29, 1.82) is 0 Å². The van der Waals surface area contributed by atoms with Gasteiger partial charge in [-0.15, -0.1) is 11.8 Å². The average molecular weight is 454 g/mol. The van der Waals surface area contributed by atoms with E-state index in [-0.39, 0.29) is 0 Å². The molecular weight excluding hydrogens is 433 g/mol. The van der Waals surface area contributed by atoms with Crippen LogP contribution in [0.2, 0.25) is 0 Å². The Labute approximate surface area is 180 Å². The van der Waals surface area contributed by atoms with Crippen molar-refractivity contribution in [3.63, 3.8) is 0 Å². The molecule has 2 heterocycles. The molecule has 0 aliphatic heterocycles. The van der Waals surface area contributed by atoms with Crippen LogP contribution in [0.1, 0.15) is 34.1 Å². The number of halogens is 3. The van der Waals surface area contributed by atoms with E-state index in [0.717, 1.165) is 10.3 Å². The number of benzene rings is 1. The molecule has 0 spiro atoms. The number of hydrogen-bond acceptors (Lipinski definition) is 6. The molecule has 1 atom stereocenters. The maximum Gasteiger partial charge on any atom is 0.424 e. The molecule has 11 heteroatoms. The number of carbonyl (C=O) groups excluding carboxylic acids is 1. The monoisotopic (exact) mass is 454 g/mol. The lowest BCUT2D eigenvalue weighted by atomic mass is 9.97. The van der Waals surface area contributed by atoms with Gasteiger partial charge in [0.15, 0.2) is 0 Å². The molecule has 0 bridgehead atoms. The molecule has 2 aromatic heterocycles. The second-order valence-corrected chi connectivity index (χ2v) is 7.96. The van der Waals surface area contributed by atoms with Gasteiger partial charge in [-0.1, -0.05) is 17.3 Å². The van der Waals surface area contributed by atoms with Gasteiger partial charge in [0.2, 0.25) is 5.60 Å². The third-order valence-electron chi connectivity index (χ3n) is 4.61. The first-order valence-corrected chi connectivity index (χ1v) is 10.3. The first-order valence-electron chi connectivity index (χ1n) is 9.31. The van der Waals surface area contributed by atoms with Crippen LogP contribution in [0.4, 0.5) is 13.2 Å². The van der Waals surface area contributed by atoms with Gasteiger partial charge in [0.1, 0.15) is 11.6 Å². The van der Waals surface area contributed by atoms with Gasteiger partial charge in [-0.2, -0.15) is 13.2 Å². The van der Waals surface area contributed by atoms with Crippen molar-refractivity contribution in [2.24, 2.45) is 7.05 Å². The summed E-state index contributed by atoms with van der Waals surface area (Å²) in [6.45, 7) is 1.40. The molecule has 31 heavy (non-hydrogen) atoms. The summed E-state index contributed by atoms with van der Waals surface area (Å²) in [6, 6.07) is 8.53. The van der Waals surface area contributed by atoms with Crippen LogP contribution in [0.5, 0.6) is 0 Å². The standard InChI is InChI=1S/C20H21F3N4O3S/c1-13-11-14(30-26-13)12-31-16-6-4-3-5-15(16)17(28)24-8-7-19(29,20(21,22)23)18-25-9-10-27(18)2/h3-6,9-11,29H,7-8,12H2,1-2H3,(H,24,28). The summed E-state index contributed by atoms with van der Waals surface area (Å²) in [4.78, 5) is 16.9. The van der Waals surface area contributed by atoms with Crippen LogP contribution in [-0.2, 0) is 18.4 Å². The number of aryl methyl sites for hydroxylation is 2. The zero-order chi connectivity index (χ0) is 22.6. The molecule has 7 nitrogen and oxygen atoms in total. The number of rotatable bonds is 8. The molecule has 2 N–H and O–H groups in total. The summed E-state index contributed by atoms with van der Waals surface area (Å²) in [6.07, 6.45) is -3.25. The van der Waals surface area contributed by atoms with Gasteiger partial charge in [0.25, 0.3) is 5.91 Å². The maximum atomic E-state index is 13.6. The van der Waals surface area contributed by atoms with Crippen molar-refractivity contribution in [2.45, 2.75) is 35.8 Å². The number of aromatic nitrogens is 3. The van der Waals surface area contributed by atoms with Crippen molar-refractivity contribution < 1.29 is 27.6 Å². The minimum atomic E-state index is -4.96. The zero-order valence-corrected chi connectivity index (χ0v) is 17.6. The second-order valence-electron chi connectivity index (χ2n) is 6.95. The lowest BCUT2D eigenvalue weighted by molar-refractivity contribution is -0.272. The van der Waals surface area contributed by atoms with Gasteiger partial charge in [-0.3, -0.25) is 4.79 Å². The van der Waals surface area contributed by atoms with Gasteiger partial charge in [-0.05, 0) is 19.1 Å². The molecule has 3 aromatic rings. The second kappa shape index (κ2) is 9.15. The van der Waals surface area contributed by atoms with Crippen LogP contribution < -0.4 is 5.32 Å². The molecule has 0 radical (unpaired) electrons. The van der Waals surface area contributed by atoms with Gasteiger partial charge < -0.3 is 19.5 Å². The third kappa shape index (κ3) is 5.10. The molecule has 1 unspecified atom stereocenters. The molecule has 0 aliphatic carbocycles. The molecule has 0 aliphatic rings. The Kier molecular flexibility index (Phi) is 6.75. The average Bonchev–Trinajstić information content (AvgIpc) is 3.33. The summed E-state index contributed by atoms with van der Waals surface area (Å²) < 4.78 is 47.0. The Balaban J connectivity index is 1.67. The summed E-state index contributed by atoms with van der Waals surface area (Å²) in [7, 11) is 1.36. The fourth-order valence-electron chi connectivity index (χ4n) is 3.01. The zero-order valence-electron chi connectivity index (χ0n) is 16.8. The SMILES string of the molecule is Cc1cc(CSc2ccccc2C(=O)NCCC(O)(c2nccn2C)C(F)(F)F)on1. The summed E-state index contributed by atoms with van der Waals surface area (Å²) in [5, 5.41) is 16.6. The summed E-state index contributed by atoms with van der Waals surface area (Å²) >= 11 is 1.35. The van der Waals surface area contributed by atoms with Crippen molar-refractivity contribution in [2.75, 3.05) is 6.54 Å². The highest BCUT2D eigenvalue weighted by atomic mass is 32.2. The molecule has 1 amide bonds. The van der Waals surface area contributed by atoms with Gasteiger partial charge in [0.05, 0.1) is 17.0 Å². The van der Waals surface area contributed by atoms with Crippen LogP contribution >= 0.6 is 11.8 Å². The lowest BCUT2D eigenvalue weighted by Crippen LogP contribution is -2.46. The van der Waals surface area contributed by atoms with Crippen molar-refractivity contribution in [1.82, 2.24) is 20.0 Å². The number of carbonyl (C=O) groups is 1. The van der Waals surface area contributed by atoms with E-state index < -0.39 is 36.5 Å². The van der Waals surface area contributed by atoms with Gasteiger partial charge in [-0.25, -0.2) is 4.98 Å². The minimum absolute atomic E-state index is 0.316. The number of aliphatic hydroxyl groups is 1. The van der Waals surface area contributed by atoms with Gasteiger partial charge >= 0.3 is 6.18 Å². The van der Waals surface area contributed by atoms with Crippen molar-refractivity contribution in [3.8, 4) is 0 Å². The Morgan fingerprint density at radius 1 is 1.32 bits per heavy atom. The van der Waals surface area contributed by atoms with Crippen molar-refractivity contribution in [3.05, 3.63) is 65.6 Å². The number of imidazole rings is 1. The summed E-state index contributed by atoms with van der Waals surface area (Å²) in [5.74, 6) is 0.00905. The minimum Gasteiger partial charge on any atom is -0.374 e. The van der Waals surface area contributed by atoms with E-state index in [0.29, 0.717) is 22.0 Å². The number of nitrogens with one attached hydrogen (secondary N) is 1. The molecule has 3 rings (SSSR count). The van der Waals surface area contributed by atoms with Crippen molar-refractivity contribution >= 4 is 17.7 Å². The van der Waals surface area contributed by atoms with E-state index in [1.807, 2.05) is 0 Å². The Hall–Kier alpha value is -2.79. The highest BCUT2D eigenvalue weighted by Gasteiger charge is 2.57. The predicted octanol–water partition coefficient (Wildman–Crippen LogP) is 3.58. The Morgan fingerprint density at radius 2 is 2.06 bits per heavy atom. The Morgan fingerprint density at radius 3 is 2.68 bits per heavy atom. The highest BCUT2D eigenvalue weighted by Crippen LogP contribution is 2.40. The van der Waals surface area contributed by atoms with Crippen LogP contribution in [0.25, 0.3) is 0 Å². The van der Waals surface area contributed by atoms with E-state index in [2.05, 4.69) is 15.5 Å². The smallest absolute Gasteiger partial charge is 0.374 e. The van der Waals surface area contributed by atoms with E-state index in [4.69, 9.17) is 4.52 Å². The molecule has 166 valence electrons. The number of nitrogens with zero attached hydrogens (tertiary/aromatic N) is 3. The van der Waals surface area contributed by atoms with E-state index in [1.54, 1.807) is 37.3 Å². The molecule has 0 fully saturated rings. The summed E-state index contributed by atoms with van der Waals surface area (Å²) in [5.41, 5.74) is -2.13. The van der Waals surface area contributed by atoms with E-state index in [1.165, 1.54) is 31.2 Å². The quantitative estimate of drug-likeness (QED) is 0.506. The maximum absolute atomic E-state index is 13.6. The lowest BCUT2D eigenvalue weighted by Gasteiger charge is -2.30. The van der Waals surface area contributed by atoms with Crippen LogP contribution in [0.15, 0.2) is 52.1 Å². The largest absolute Gasteiger partial charge is 0.424 e. The van der Waals surface area contributed by atoms with E-state index >= 15 is 0 Å². The van der Waals surface area contributed by atoms with E-state index in [9.17, 15) is 23.1 Å². The topological polar surface area (TPSA) is 93.2 Å². The van der Waals surface area contributed by atoms with Crippen LogP contribution in [0, 0.1) is 6.92 Å². The number of alkyl halides is 3. The highest BCUT2D eigenvalue weighted by molar-refractivity contribution is 7.98. The van der Waals surface area contributed by atoms with Crippen LogP contribution in [0.3, 0.4) is 0 Å². The molecule has 1 aromatic carbocycles.